The van der Waals surface area contributed by atoms with Gasteiger partial charge in [-0.2, -0.15) is 0 Å². The summed E-state index contributed by atoms with van der Waals surface area (Å²) in [6, 6.07) is 15.3. The van der Waals surface area contributed by atoms with Crippen LogP contribution in [0.25, 0.3) is 16.4 Å². The minimum absolute atomic E-state index is 0.245. The number of nitrogens with zero attached hydrogens (tertiary/aromatic N) is 9. The Balaban J connectivity index is 1.20. The molecule has 1 unspecified atom stereocenters. The van der Waals surface area contributed by atoms with Crippen LogP contribution >= 0.6 is 0 Å². The van der Waals surface area contributed by atoms with E-state index in [4.69, 9.17) is 0 Å². The van der Waals surface area contributed by atoms with Crippen molar-refractivity contribution in [3.8, 4) is 0 Å². The zero-order valence-corrected chi connectivity index (χ0v) is 18.7. The van der Waals surface area contributed by atoms with Crippen molar-refractivity contribution in [1.29, 1.82) is 0 Å². The zero-order valence-electron chi connectivity index (χ0n) is 18.7. The fraction of sp³-hybridized carbons (Fsp3) is 0.292. The van der Waals surface area contributed by atoms with E-state index in [2.05, 4.69) is 96.2 Å². The maximum Gasteiger partial charge on any atom is 0.227 e. The summed E-state index contributed by atoms with van der Waals surface area (Å²) in [5.41, 5.74) is 2.02. The third-order valence-electron chi connectivity index (χ3n) is 6.50. The summed E-state index contributed by atoms with van der Waals surface area (Å²) in [7, 11) is 2.06. The molecule has 1 fully saturated rings. The molecule has 1 aliphatic rings. The van der Waals surface area contributed by atoms with Crippen molar-refractivity contribution in [3.63, 3.8) is 0 Å². The van der Waals surface area contributed by atoms with Crippen LogP contribution in [0.15, 0.2) is 61.2 Å². The highest BCUT2D eigenvalue weighted by molar-refractivity contribution is 5.83. The summed E-state index contributed by atoms with van der Waals surface area (Å²) in [6.45, 7) is 4.70. The summed E-state index contributed by atoms with van der Waals surface area (Å²) in [4.78, 5) is 9.20. The molecule has 0 saturated carbocycles. The van der Waals surface area contributed by atoms with Gasteiger partial charge in [-0.1, -0.05) is 42.5 Å². The number of hydrogen-bond donors (Lipinski definition) is 0. The smallest absolute Gasteiger partial charge is 0.227 e. The summed E-state index contributed by atoms with van der Waals surface area (Å²) in [6.07, 6.45) is 6.13. The lowest BCUT2D eigenvalue weighted by Gasteiger charge is -2.40. The van der Waals surface area contributed by atoms with Crippen LogP contribution < -0.4 is 9.80 Å². The Labute approximate surface area is 191 Å². The lowest BCUT2D eigenvalue weighted by Crippen LogP contribution is -2.53. The van der Waals surface area contributed by atoms with Crippen molar-refractivity contribution in [2.45, 2.75) is 19.4 Å². The van der Waals surface area contributed by atoms with E-state index in [0.29, 0.717) is 0 Å². The largest absolute Gasteiger partial charge is 0.347 e. The second-order valence-corrected chi connectivity index (χ2v) is 8.63. The molecule has 0 N–H and O–H groups in total. The Morgan fingerprint density at radius 2 is 1.88 bits per heavy atom. The van der Waals surface area contributed by atoms with Crippen molar-refractivity contribution in [2.24, 2.45) is 7.05 Å². The van der Waals surface area contributed by atoms with E-state index in [1.807, 2.05) is 10.6 Å². The first-order valence-corrected chi connectivity index (χ1v) is 11.2. The van der Waals surface area contributed by atoms with Crippen molar-refractivity contribution in [1.82, 2.24) is 34.3 Å². The summed E-state index contributed by atoms with van der Waals surface area (Å²) in [5.74, 6) is 2.74. The molecule has 0 amide bonds. The Hall–Kier alpha value is -4.01. The molecule has 1 saturated heterocycles. The molecule has 166 valence electrons. The number of rotatable bonds is 4. The van der Waals surface area contributed by atoms with Crippen molar-refractivity contribution in [3.05, 3.63) is 72.6 Å². The van der Waals surface area contributed by atoms with Crippen molar-refractivity contribution < 1.29 is 0 Å². The highest BCUT2D eigenvalue weighted by Crippen LogP contribution is 2.25. The van der Waals surface area contributed by atoms with Gasteiger partial charge in [-0.25, -0.2) is 4.98 Å². The first-order valence-electron chi connectivity index (χ1n) is 11.2. The van der Waals surface area contributed by atoms with Gasteiger partial charge in [-0.05, 0) is 23.3 Å². The highest BCUT2D eigenvalue weighted by atomic mass is 15.4. The van der Waals surface area contributed by atoms with Crippen molar-refractivity contribution >= 4 is 28.2 Å². The molecular formula is C24H25N9. The first-order chi connectivity index (χ1) is 16.2. The summed E-state index contributed by atoms with van der Waals surface area (Å²) < 4.78 is 4.03. The monoisotopic (exact) mass is 439 g/mol. The van der Waals surface area contributed by atoms with E-state index in [-0.39, 0.29) is 6.04 Å². The highest BCUT2D eigenvalue weighted by Gasteiger charge is 2.29. The Bertz CT molecular complexity index is 1440. The van der Waals surface area contributed by atoms with E-state index in [9.17, 15) is 0 Å². The summed E-state index contributed by atoms with van der Waals surface area (Å²) >= 11 is 0. The van der Waals surface area contributed by atoms with E-state index in [1.54, 1.807) is 12.5 Å². The van der Waals surface area contributed by atoms with Gasteiger partial charge in [-0.3, -0.25) is 4.40 Å². The number of fused-ring (bicyclic) bond motifs is 2. The van der Waals surface area contributed by atoms with Crippen LogP contribution in [0.3, 0.4) is 0 Å². The van der Waals surface area contributed by atoms with Gasteiger partial charge in [0, 0.05) is 51.5 Å². The van der Waals surface area contributed by atoms with Gasteiger partial charge in [0.25, 0.3) is 0 Å². The van der Waals surface area contributed by atoms with Gasteiger partial charge in [0.2, 0.25) is 11.6 Å². The van der Waals surface area contributed by atoms with Gasteiger partial charge in [-0.15, -0.1) is 20.4 Å². The molecule has 0 bridgehead atoms. The normalized spacial score (nSPS) is 16.7. The molecule has 1 atom stereocenters. The van der Waals surface area contributed by atoms with Crippen LogP contribution in [-0.4, -0.2) is 60.0 Å². The molecule has 0 radical (unpaired) electrons. The Kier molecular flexibility index (Phi) is 4.67. The quantitative estimate of drug-likeness (QED) is 0.426. The molecule has 5 aromatic rings. The second kappa shape index (κ2) is 7.84. The summed E-state index contributed by atoms with van der Waals surface area (Å²) in [5, 5.41) is 19.9. The fourth-order valence-electron chi connectivity index (χ4n) is 4.71. The predicted octanol–water partition coefficient (Wildman–Crippen LogP) is 2.71. The van der Waals surface area contributed by atoms with E-state index < -0.39 is 0 Å². The Morgan fingerprint density at radius 3 is 2.76 bits per heavy atom. The van der Waals surface area contributed by atoms with Gasteiger partial charge in [0.15, 0.2) is 5.82 Å². The SMILES string of the molecule is CC1CN(c2nnc(Cc3ccc4ccccc4c3)n2C)CCN1c1nccn2cnnc12. The lowest BCUT2D eigenvalue weighted by molar-refractivity contribution is 0.533. The molecule has 33 heavy (non-hydrogen) atoms. The molecule has 3 aromatic heterocycles. The van der Waals surface area contributed by atoms with Gasteiger partial charge < -0.3 is 14.4 Å². The third-order valence-corrected chi connectivity index (χ3v) is 6.50. The molecule has 0 spiro atoms. The molecule has 4 heterocycles. The lowest BCUT2D eigenvalue weighted by atomic mass is 10.1. The van der Waals surface area contributed by atoms with Gasteiger partial charge in [0.1, 0.15) is 12.2 Å². The van der Waals surface area contributed by atoms with Crippen LogP contribution in [0.5, 0.6) is 0 Å². The number of hydrogen-bond acceptors (Lipinski definition) is 7. The second-order valence-electron chi connectivity index (χ2n) is 8.63. The standard InChI is InChI=1S/C24H25N9/c1-17-15-31(11-12-33(17)22-23-28-26-16-32(23)10-9-25-22)24-29-27-21(30(24)2)14-18-7-8-19-5-3-4-6-20(19)13-18/h3-10,13,16-17H,11-12,14-15H2,1-2H3. The first kappa shape index (κ1) is 19.7. The maximum atomic E-state index is 4.59. The Morgan fingerprint density at radius 1 is 1.00 bits per heavy atom. The van der Waals surface area contributed by atoms with Crippen molar-refractivity contribution in [2.75, 3.05) is 29.4 Å². The van der Waals surface area contributed by atoms with Crippen LogP contribution in [0.2, 0.25) is 0 Å². The van der Waals surface area contributed by atoms with E-state index in [1.165, 1.54) is 16.3 Å². The molecule has 6 rings (SSSR count). The third kappa shape index (κ3) is 3.45. The fourth-order valence-corrected chi connectivity index (χ4v) is 4.71. The molecular weight excluding hydrogens is 414 g/mol. The predicted molar refractivity (Wildman–Crippen MR) is 128 cm³/mol. The van der Waals surface area contributed by atoms with Crippen LogP contribution in [0, 0.1) is 0 Å². The maximum absolute atomic E-state index is 4.59. The zero-order chi connectivity index (χ0) is 22.4. The van der Waals surface area contributed by atoms with Gasteiger partial charge in [0.05, 0.1) is 0 Å². The number of benzene rings is 2. The molecule has 9 nitrogen and oxygen atoms in total. The average molecular weight is 440 g/mol. The van der Waals surface area contributed by atoms with Crippen LogP contribution in [0.1, 0.15) is 18.3 Å². The molecule has 9 heteroatoms. The van der Waals surface area contributed by atoms with Crippen LogP contribution in [0.4, 0.5) is 11.8 Å². The number of aromatic nitrogens is 7. The van der Waals surface area contributed by atoms with E-state index in [0.717, 1.165) is 49.3 Å². The molecule has 0 aliphatic carbocycles. The topological polar surface area (TPSA) is 80.3 Å². The minimum Gasteiger partial charge on any atom is -0.347 e. The molecule has 2 aromatic carbocycles. The van der Waals surface area contributed by atoms with Gasteiger partial charge >= 0.3 is 0 Å². The van der Waals surface area contributed by atoms with Crippen LogP contribution in [-0.2, 0) is 13.5 Å². The molecule has 1 aliphatic heterocycles. The minimum atomic E-state index is 0.245. The van der Waals surface area contributed by atoms with E-state index >= 15 is 0 Å². The number of anilines is 2. The average Bonchev–Trinajstić information content (AvgIpc) is 3.46. The number of piperazine rings is 1.